The smallest absolute Gasteiger partial charge is 0.236 e. The predicted molar refractivity (Wildman–Crippen MR) is 64.8 cm³/mol. The Morgan fingerprint density at radius 1 is 1.27 bits per heavy atom. The molecule has 0 spiro atoms. The summed E-state index contributed by atoms with van der Waals surface area (Å²) in [5.74, 6) is 0.0907. The predicted octanol–water partition coefficient (Wildman–Crippen LogP) is 1.93. The van der Waals surface area contributed by atoms with E-state index >= 15 is 0 Å². The lowest BCUT2D eigenvalue weighted by Crippen LogP contribution is -2.49. The van der Waals surface area contributed by atoms with Crippen molar-refractivity contribution in [3.05, 3.63) is 0 Å². The van der Waals surface area contributed by atoms with Gasteiger partial charge in [0.2, 0.25) is 5.91 Å². The molecule has 3 heteroatoms. The van der Waals surface area contributed by atoms with Crippen LogP contribution in [0.3, 0.4) is 0 Å². The molecular formula is C12H26N2O. The molecule has 1 amide bonds. The van der Waals surface area contributed by atoms with Gasteiger partial charge in [0.15, 0.2) is 0 Å². The summed E-state index contributed by atoms with van der Waals surface area (Å²) >= 11 is 0. The summed E-state index contributed by atoms with van der Waals surface area (Å²) in [6.45, 7) is 13.3. The van der Waals surface area contributed by atoms with Crippen LogP contribution in [0.4, 0.5) is 0 Å². The average molecular weight is 214 g/mol. The third-order valence-electron chi connectivity index (χ3n) is 2.74. The van der Waals surface area contributed by atoms with Gasteiger partial charge in [-0.2, -0.15) is 0 Å². The van der Waals surface area contributed by atoms with Crippen LogP contribution in [0.15, 0.2) is 0 Å². The zero-order valence-corrected chi connectivity index (χ0v) is 11.0. The van der Waals surface area contributed by atoms with E-state index in [1.165, 1.54) is 0 Å². The number of nitrogens with one attached hydrogen (secondary N) is 2. The minimum absolute atomic E-state index is 0.0907. The Bertz CT molecular complexity index is 196. The first-order chi connectivity index (χ1) is 6.79. The van der Waals surface area contributed by atoms with Crippen LogP contribution < -0.4 is 10.6 Å². The van der Waals surface area contributed by atoms with E-state index in [0.29, 0.717) is 6.04 Å². The van der Waals surface area contributed by atoms with Crippen LogP contribution in [0.25, 0.3) is 0 Å². The van der Waals surface area contributed by atoms with E-state index in [4.69, 9.17) is 0 Å². The minimum Gasteiger partial charge on any atom is -0.355 e. The lowest BCUT2D eigenvalue weighted by Gasteiger charge is -2.30. The molecule has 0 aliphatic heterocycles. The summed E-state index contributed by atoms with van der Waals surface area (Å²) in [6.07, 6.45) is 0.979. The first-order valence-electron chi connectivity index (χ1n) is 5.82. The van der Waals surface area contributed by atoms with Gasteiger partial charge in [-0.3, -0.25) is 4.79 Å². The number of amides is 1. The molecule has 2 unspecified atom stereocenters. The fraction of sp³-hybridized carbons (Fsp3) is 0.917. The van der Waals surface area contributed by atoms with Crippen LogP contribution in [0, 0.1) is 5.41 Å². The number of carbonyl (C=O) groups is 1. The second kappa shape index (κ2) is 6.11. The summed E-state index contributed by atoms with van der Waals surface area (Å²) in [5.41, 5.74) is 0.180. The van der Waals surface area contributed by atoms with Crippen molar-refractivity contribution < 1.29 is 4.79 Å². The molecule has 0 bridgehead atoms. The second-order valence-electron chi connectivity index (χ2n) is 5.27. The third-order valence-corrected chi connectivity index (χ3v) is 2.74. The maximum Gasteiger partial charge on any atom is 0.236 e. The highest BCUT2D eigenvalue weighted by molar-refractivity contribution is 5.81. The SMILES string of the molecule is CCCNC(=O)C(C)NC(C)C(C)(C)C. The Kier molecular flexibility index (Phi) is 5.88. The van der Waals surface area contributed by atoms with Gasteiger partial charge in [0.05, 0.1) is 6.04 Å². The van der Waals surface area contributed by atoms with Crippen molar-refractivity contribution in [3.8, 4) is 0 Å². The van der Waals surface area contributed by atoms with Gasteiger partial charge in [-0.15, -0.1) is 0 Å². The lowest BCUT2D eigenvalue weighted by atomic mass is 9.87. The molecule has 2 atom stereocenters. The highest BCUT2D eigenvalue weighted by Gasteiger charge is 2.23. The summed E-state index contributed by atoms with van der Waals surface area (Å²) < 4.78 is 0. The van der Waals surface area contributed by atoms with E-state index in [-0.39, 0.29) is 17.4 Å². The van der Waals surface area contributed by atoms with E-state index in [1.54, 1.807) is 0 Å². The van der Waals surface area contributed by atoms with Gasteiger partial charge in [0.25, 0.3) is 0 Å². The van der Waals surface area contributed by atoms with Gasteiger partial charge in [0.1, 0.15) is 0 Å². The normalized spacial score (nSPS) is 15.9. The van der Waals surface area contributed by atoms with E-state index in [1.807, 2.05) is 6.92 Å². The Hall–Kier alpha value is -0.570. The molecule has 0 saturated heterocycles. The van der Waals surface area contributed by atoms with Crippen LogP contribution >= 0.6 is 0 Å². The number of hydrogen-bond acceptors (Lipinski definition) is 2. The van der Waals surface area contributed by atoms with Crippen molar-refractivity contribution >= 4 is 5.91 Å². The van der Waals surface area contributed by atoms with Gasteiger partial charge in [-0.25, -0.2) is 0 Å². The molecule has 0 aromatic heterocycles. The van der Waals surface area contributed by atoms with Crippen LogP contribution in [-0.2, 0) is 4.79 Å². The van der Waals surface area contributed by atoms with Gasteiger partial charge in [-0.1, -0.05) is 27.7 Å². The van der Waals surface area contributed by atoms with Crippen molar-refractivity contribution in [3.63, 3.8) is 0 Å². The zero-order valence-electron chi connectivity index (χ0n) is 11.0. The summed E-state index contributed by atoms with van der Waals surface area (Å²) in [6, 6.07) is 0.200. The molecule has 3 nitrogen and oxygen atoms in total. The van der Waals surface area contributed by atoms with E-state index in [0.717, 1.165) is 13.0 Å². The largest absolute Gasteiger partial charge is 0.355 e. The van der Waals surface area contributed by atoms with E-state index in [9.17, 15) is 4.79 Å². The standard InChI is InChI=1S/C12H26N2O/c1-7-8-13-11(15)9(2)14-10(3)12(4,5)6/h9-10,14H,7-8H2,1-6H3,(H,13,15). The van der Waals surface area contributed by atoms with E-state index < -0.39 is 0 Å². The number of rotatable bonds is 5. The number of carbonyl (C=O) groups excluding carboxylic acids is 1. The monoisotopic (exact) mass is 214 g/mol. The van der Waals surface area contributed by atoms with Crippen molar-refractivity contribution in [2.45, 2.75) is 60.0 Å². The Balaban J connectivity index is 4.02. The van der Waals surface area contributed by atoms with Gasteiger partial charge >= 0.3 is 0 Å². The Labute approximate surface area is 94.0 Å². The molecule has 0 saturated carbocycles. The molecule has 90 valence electrons. The summed E-state index contributed by atoms with van der Waals surface area (Å²) in [7, 11) is 0. The molecule has 0 heterocycles. The van der Waals surface area contributed by atoms with Gasteiger partial charge in [0, 0.05) is 12.6 Å². The van der Waals surface area contributed by atoms with Gasteiger partial charge < -0.3 is 10.6 Å². The molecule has 0 radical (unpaired) electrons. The lowest BCUT2D eigenvalue weighted by molar-refractivity contribution is -0.123. The van der Waals surface area contributed by atoms with Crippen LogP contribution in [0.2, 0.25) is 0 Å². The van der Waals surface area contributed by atoms with E-state index in [2.05, 4.69) is 45.3 Å². The molecule has 0 fully saturated rings. The quantitative estimate of drug-likeness (QED) is 0.734. The van der Waals surface area contributed by atoms with Gasteiger partial charge in [-0.05, 0) is 25.7 Å². The van der Waals surface area contributed by atoms with Crippen molar-refractivity contribution in [1.82, 2.24) is 10.6 Å². The topological polar surface area (TPSA) is 41.1 Å². The fourth-order valence-corrected chi connectivity index (χ4v) is 1.10. The Morgan fingerprint density at radius 2 is 1.80 bits per heavy atom. The highest BCUT2D eigenvalue weighted by atomic mass is 16.2. The highest BCUT2D eigenvalue weighted by Crippen LogP contribution is 2.18. The molecule has 0 aliphatic carbocycles. The third kappa shape index (κ3) is 5.78. The number of hydrogen-bond donors (Lipinski definition) is 2. The van der Waals surface area contributed by atoms with Crippen molar-refractivity contribution in [2.24, 2.45) is 5.41 Å². The molecule has 2 N–H and O–H groups in total. The van der Waals surface area contributed by atoms with Crippen molar-refractivity contribution in [1.29, 1.82) is 0 Å². The average Bonchev–Trinajstić information content (AvgIpc) is 2.12. The Morgan fingerprint density at radius 3 is 2.20 bits per heavy atom. The summed E-state index contributed by atoms with van der Waals surface area (Å²) in [4.78, 5) is 11.6. The molecule has 0 aromatic carbocycles. The first kappa shape index (κ1) is 14.4. The maximum atomic E-state index is 11.6. The fourth-order valence-electron chi connectivity index (χ4n) is 1.10. The van der Waals surface area contributed by atoms with Crippen molar-refractivity contribution in [2.75, 3.05) is 6.54 Å². The molecular weight excluding hydrogens is 188 g/mol. The molecule has 15 heavy (non-hydrogen) atoms. The molecule has 0 aliphatic rings. The first-order valence-corrected chi connectivity index (χ1v) is 5.82. The van der Waals surface area contributed by atoms with Crippen LogP contribution in [0.5, 0.6) is 0 Å². The molecule has 0 rings (SSSR count). The molecule has 0 aromatic rings. The maximum absolute atomic E-state index is 11.6. The zero-order chi connectivity index (χ0) is 12.1. The minimum atomic E-state index is -0.120. The van der Waals surface area contributed by atoms with Crippen LogP contribution in [0.1, 0.15) is 48.0 Å². The van der Waals surface area contributed by atoms with Crippen LogP contribution in [-0.4, -0.2) is 24.5 Å². The summed E-state index contributed by atoms with van der Waals surface area (Å²) in [5, 5.41) is 6.20. The second-order valence-corrected chi connectivity index (χ2v) is 5.27.